The molecule has 0 saturated heterocycles. The number of benzene rings is 1. The van der Waals surface area contributed by atoms with Crippen LogP contribution in [0.4, 0.5) is 0 Å². The molecule has 0 fully saturated rings. The Labute approximate surface area is 99.5 Å². The second-order valence-electron chi connectivity index (χ2n) is 3.00. The van der Waals surface area contributed by atoms with Crippen LogP contribution in [-0.4, -0.2) is 18.1 Å². The van der Waals surface area contributed by atoms with Gasteiger partial charge in [-0.15, -0.1) is 0 Å². The van der Waals surface area contributed by atoms with Gasteiger partial charge in [-0.2, -0.15) is 0 Å². The van der Waals surface area contributed by atoms with Gasteiger partial charge in [0.2, 0.25) is 0 Å². The van der Waals surface area contributed by atoms with Gasteiger partial charge in [-0.3, -0.25) is 0 Å². The van der Waals surface area contributed by atoms with E-state index in [1.54, 1.807) is 12.1 Å². The number of esters is 1. The normalized spacial score (nSPS) is 10.6. The molecule has 0 radical (unpaired) electrons. The van der Waals surface area contributed by atoms with Crippen molar-refractivity contribution in [3.63, 3.8) is 0 Å². The molecule has 2 rings (SSSR count). The molecule has 1 aromatic carbocycles. The number of carbonyl (C=O) groups excluding carboxylic acids is 1. The Morgan fingerprint density at radius 3 is 2.93 bits per heavy atom. The molecule has 3 nitrogen and oxygen atoms in total. The second-order valence-corrected chi connectivity index (χ2v) is 4.22. The number of nitrogens with one attached hydrogen (secondary N) is 1. The van der Waals surface area contributed by atoms with Crippen molar-refractivity contribution in [1.29, 1.82) is 0 Å². The number of hydrogen-bond acceptors (Lipinski definition) is 2. The van der Waals surface area contributed by atoms with Gasteiger partial charge in [-0.05, 0) is 34.1 Å². The monoisotopic (exact) mass is 287 g/mol. The van der Waals surface area contributed by atoms with Crippen LogP contribution in [0.5, 0.6) is 0 Å². The molecule has 1 aromatic heterocycles. The number of H-pyrrole nitrogens is 1. The SMILES string of the molecule is COC(=O)c1[nH]c2ccc(Cl)cc2c1Br. The number of halogens is 2. The van der Waals surface area contributed by atoms with Crippen molar-refractivity contribution in [2.24, 2.45) is 0 Å². The maximum absolute atomic E-state index is 11.4. The van der Waals surface area contributed by atoms with E-state index in [4.69, 9.17) is 11.6 Å². The Kier molecular flexibility index (Phi) is 2.71. The largest absolute Gasteiger partial charge is 0.464 e. The molecule has 1 heterocycles. The lowest BCUT2D eigenvalue weighted by molar-refractivity contribution is 0.0594. The number of carbonyl (C=O) groups is 1. The number of aromatic nitrogens is 1. The van der Waals surface area contributed by atoms with Gasteiger partial charge in [-0.25, -0.2) is 4.79 Å². The summed E-state index contributed by atoms with van der Waals surface area (Å²) in [6.45, 7) is 0. The van der Waals surface area contributed by atoms with Crippen molar-refractivity contribution in [3.05, 3.63) is 33.4 Å². The van der Waals surface area contributed by atoms with Crippen molar-refractivity contribution < 1.29 is 9.53 Å². The van der Waals surface area contributed by atoms with Gasteiger partial charge in [0.1, 0.15) is 5.69 Å². The van der Waals surface area contributed by atoms with Crippen molar-refractivity contribution in [3.8, 4) is 0 Å². The maximum atomic E-state index is 11.4. The first-order valence-electron chi connectivity index (χ1n) is 4.18. The van der Waals surface area contributed by atoms with E-state index in [1.165, 1.54) is 7.11 Å². The number of hydrogen-bond donors (Lipinski definition) is 1. The van der Waals surface area contributed by atoms with E-state index >= 15 is 0 Å². The van der Waals surface area contributed by atoms with E-state index in [0.29, 0.717) is 15.2 Å². The van der Waals surface area contributed by atoms with E-state index in [1.807, 2.05) is 6.07 Å². The molecular formula is C10H7BrClNO2. The summed E-state index contributed by atoms with van der Waals surface area (Å²) < 4.78 is 5.32. The molecule has 0 aliphatic carbocycles. The van der Waals surface area contributed by atoms with E-state index in [0.717, 1.165) is 10.9 Å². The maximum Gasteiger partial charge on any atom is 0.355 e. The molecule has 0 spiro atoms. The standard InChI is InChI=1S/C10H7BrClNO2/c1-15-10(14)9-8(11)6-4-5(12)2-3-7(6)13-9/h2-4,13H,1H3. The Bertz CT molecular complexity index is 535. The summed E-state index contributed by atoms with van der Waals surface area (Å²) in [7, 11) is 1.34. The molecule has 0 atom stereocenters. The van der Waals surface area contributed by atoms with Crippen molar-refractivity contribution in [1.82, 2.24) is 4.98 Å². The fourth-order valence-electron chi connectivity index (χ4n) is 1.37. The fraction of sp³-hybridized carbons (Fsp3) is 0.100. The lowest BCUT2D eigenvalue weighted by Gasteiger charge is -1.94. The summed E-state index contributed by atoms with van der Waals surface area (Å²) in [4.78, 5) is 14.3. The molecule has 1 N–H and O–H groups in total. The number of ether oxygens (including phenoxy) is 1. The van der Waals surface area contributed by atoms with Gasteiger partial charge in [0, 0.05) is 15.9 Å². The van der Waals surface area contributed by atoms with Crippen LogP contribution in [0.1, 0.15) is 10.5 Å². The summed E-state index contributed by atoms with van der Waals surface area (Å²) >= 11 is 9.20. The zero-order chi connectivity index (χ0) is 11.0. The first-order chi connectivity index (χ1) is 7.13. The Hall–Kier alpha value is -1.000. The third-order valence-electron chi connectivity index (χ3n) is 2.09. The molecule has 0 aliphatic rings. The van der Waals surface area contributed by atoms with Crippen LogP contribution in [0.3, 0.4) is 0 Å². The van der Waals surface area contributed by atoms with Gasteiger partial charge in [0.25, 0.3) is 0 Å². The van der Waals surface area contributed by atoms with E-state index in [-0.39, 0.29) is 0 Å². The van der Waals surface area contributed by atoms with Crippen LogP contribution < -0.4 is 0 Å². The first kappa shape index (κ1) is 10.5. The number of rotatable bonds is 1. The van der Waals surface area contributed by atoms with E-state index in [2.05, 4.69) is 25.7 Å². The molecule has 0 saturated carbocycles. The lowest BCUT2D eigenvalue weighted by atomic mass is 10.2. The molecule has 0 unspecified atom stereocenters. The van der Waals surface area contributed by atoms with Crippen molar-refractivity contribution in [2.75, 3.05) is 7.11 Å². The van der Waals surface area contributed by atoms with Crippen LogP contribution in [0, 0.1) is 0 Å². The summed E-state index contributed by atoms with van der Waals surface area (Å²) in [5, 5.41) is 1.49. The van der Waals surface area contributed by atoms with Crippen molar-refractivity contribution in [2.45, 2.75) is 0 Å². The fourth-order valence-corrected chi connectivity index (χ4v) is 2.14. The summed E-state index contributed by atoms with van der Waals surface area (Å²) in [6, 6.07) is 5.35. The van der Waals surface area contributed by atoms with Crippen LogP contribution in [0.25, 0.3) is 10.9 Å². The topological polar surface area (TPSA) is 42.1 Å². The molecule has 15 heavy (non-hydrogen) atoms. The zero-order valence-electron chi connectivity index (χ0n) is 7.80. The molecule has 0 aliphatic heterocycles. The molecule has 0 bridgehead atoms. The average Bonchev–Trinajstić information content (AvgIpc) is 2.55. The molecule has 0 amide bonds. The molecule has 2 aromatic rings. The van der Waals surface area contributed by atoms with Crippen LogP contribution in [-0.2, 0) is 4.74 Å². The van der Waals surface area contributed by atoms with E-state index in [9.17, 15) is 4.79 Å². The Morgan fingerprint density at radius 1 is 1.53 bits per heavy atom. The first-order valence-corrected chi connectivity index (χ1v) is 5.35. The van der Waals surface area contributed by atoms with Gasteiger partial charge in [0.05, 0.1) is 11.6 Å². The average molecular weight is 289 g/mol. The highest BCUT2D eigenvalue weighted by molar-refractivity contribution is 9.10. The molecule has 78 valence electrons. The van der Waals surface area contributed by atoms with Crippen LogP contribution in [0.2, 0.25) is 5.02 Å². The minimum atomic E-state index is -0.408. The molecular weight excluding hydrogens is 281 g/mol. The summed E-state index contributed by atoms with van der Waals surface area (Å²) in [5.74, 6) is -0.408. The third kappa shape index (κ3) is 1.75. The smallest absolute Gasteiger partial charge is 0.355 e. The number of fused-ring (bicyclic) bond motifs is 1. The van der Waals surface area contributed by atoms with Crippen molar-refractivity contribution >= 4 is 44.4 Å². The number of aromatic amines is 1. The van der Waals surface area contributed by atoms with Gasteiger partial charge < -0.3 is 9.72 Å². The highest BCUT2D eigenvalue weighted by Gasteiger charge is 2.16. The van der Waals surface area contributed by atoms with E-state index < -0.39 is 5.97 Å². The molecule has 5 heteroatoms. The minimum Gasteiger partial charge on any atom is -0.464 e. The van der Waals surface area contributed by atoms with Gasteiger partial charge in [0.15, 0.2) is 0 Å². The third-order valence-corrected chi connectivity index (χ3v) is 3.15. The lowest BCUT2D eigenvalue weighted by Crippen LogP contribution is -2.01. The Morgan fingerprint density at radius 2 is 2.27 bits per heavy atom. The van der Waals surface area contributed by atoms with Crippen LogP contribution >= 0.6 is 27.5 Å². The second kappa shape index (κ2) is 3.87. The predicted octanol–water partition coefficient (Wildman–Crippen LogP) is 3.37. The summed E-state index contributed by atoms with van der Waals surface area (Å²) in [6.07, 6.45) is 0. The zero-order valence-corrected chi connectivity index (χ0v) is 10.1. The quantitative estimate of drug-likeness (QED) is 0.818. The highest BCUT2D eigenvalue weighted by atomic mass is 79.9. The van der Waals surface area contributed by atoms with Crippen LogP contribution in [0.15, 0.2) is 22.7 Å². The number of methoxy groups -OCH3 is 1. The van der Waals surface area contributed by atoms with Gasteiger partial charge in [-0.1, -0.05) is 11.6 Å². The predicted molar refractivity (Wildman–Crippen MR) is 62.3 cm³/mol. The Balaban J connectivity index is 2.69. The minimum absolute atomic E-state index is 0.398. The van der Waals surface area contributed by atoms with Gasteiger partial charge >= 0.3 is 5.97 Å². The summed E-state index contributed by atoms with van der Waals surface area (Å²) in [5.41, 5.74) is 1.24. The highest BCUT2D eigenvalue weighted by Crippen LogP contribution is 2.30.